The minimum Gasteiger partial charge on any atom is -0.349 e. The molecule has 3 rings (SSSR count). The topological polar surface area (TPSA) is 69.8 Å². The van der Waals surface area contributed by atoms with Crippen LogP contribution >= 0.6 is 0 Å². The molecule has 1 aliphatic carbocycles. The summed E-state index contributed by atoms with van der Waals surface area (Å²) in [7, 11) is 0. The second kappa shape index (κ2) is 6.48. The largest absolute Gasteiger partial charge is 0.349 e. The van der Waals surface area contributed by atoms with Gasteiger partial charge < -0.3 is 10.6 Å². The Morgan fingerprint density at radius 3 is 2.68 bits per heavy atom. The Morgan fingerprint density at radius 2 is 1.95 bits per heavy atom. The van der Waals surface area contributed by atoms with Crippen molar-refractivity contribution in [2.75, 3.05) is 0 Å². The van der Waals surface area contributed by atoms with Gasteiger partial charge in [-0.15, -0.1) is 0 Å². The predicted molar refractivity (Wildman–Crippen MR) is 87.9 cm³/mol. The van der Waals surface area contributed by atoms with Gasteiger partial charge in [0.15, 0.2) is 0 Å². The minimum atomic E-state index is 0.0170. The second-order valence-corrected chi connectivity index (χ2v) is 6.52. The number of nitrogens with one attached hydrogen (secondary N) is 3. The minimum absolute atomic E-state index is 0.0170. The maximum Gasteiger partial charge on any atom is 0.251 e. The molecule has 0 saturated heterocycles. The van der Waals surface area contributed by atoms with Crippen LogP contribution < -0.4 is 10.6 Å². The molecule has 5 nitrogen and oxygen atoms in total. The van der Waals surface area contributed by atoms with Crippen LogP contribution in [0.5, 0.6) is 0 Å². The third-order valence-electron chi connectivity index (χ3n) is 4.33. The molecule has 5 heteroatoms. The third kappa shape index (κ3) is 3.47. The maximum atomic E-state index is 12.4. The van der Waals surface area contributed by atoms with Gasteiger partial charge in [0.05, 0.1) is 11.7 Å². The Kier molecular flexibility index (Phi) is 4.43. The zero-order valence-electron chi connectivity index (χ0n) is 13.2. The van der Waals surface area contributed by atoms with E-state index < -0.39 is 0 Å². The van der Waals surface area contributed by atoms with Crippen LogP contribution in [0.1, 0.15) is 49.9 Å². The van der Waals surface area contributed by atoms with Gasteiger partial charge in [-0.1, -0.05) is 13.8 Å². The Hall–Kier alpha value is -1.88. The van der Waals surface area contributed by atoms with Crippen molar-refractivity contribution < 1.29 is 4.79 Å². The normalized spacial score (nSPS) is 22.1. The molecule has 1 fully saturated rings. The van der Waals surface area contributed by atoms with Crippen molar-refractivity contribution in [1.82, 2.24) is 20.8 Å². The number of aromatic nitrogens is 2. The number of hydrogen-bond donors (Lipinski definition) is 3. The molecule has 1 saturated carbocycles. The summed E-state index contributed by atoms with van der Waals surface area (Å²) >= 11 is 0. The number of carbonyl (C=O) groups is 1. The smallest absolute Gasteiger partial charge is 0.251 e. The van der Waals surface area contributed by atoms with E-state index in [-0.39, 0.29) is 11.9 Å². The number of fused-ring (bicyclic) bond motifs is 1. The number of H-pyrrole nitrogens is 1. The van der Waals surface area contributed by atoms with Crippen LogP contribution in [-0.2, 0) is 0 Å². The zero-order chi connectivity index (χ0) is 15.5. The first-order chi connectivity index (χ1) is 10.6. The number of hydrogen-bond acceptors (Lipinski definition) is 3. The van der Waals surface area contributed by atoms with Gasteiger partial charge in [0, 0.05) is 29.1 Å². The number of carbonyl (C=O) groups excluding carboxylic acids is 1. The molecular formula is C17H24N4O. The quantitative estimate of drug-likeness (QED) is 0.813. The van der Waals surface area contributed by atoms with Crippen molar-refractivity contribution in [3.8, 4) is 0 Å². The van der Waals surface area contributed by atoms with Gasteiger partial charge in [0.2, 0.25) is 0 Å². The number of benzene rings is 1. The number of nitrogens with zero attached hydrogens (tertiary/aromatic N) is 1. The van der Waals surface area contributed by atoms with Crippen LogP contribution in [0.4, 0.5) is 0 Å². The summed E-state index contributed by atoms with van der Waals surface area (Å²) < 4.78 is 0. The van der Waals surface area contributed by atoms with Crippen molar-refractivity contribution in [3.05, 3.63) is 30.0 Å². The summed E-state index contributed by atoms with van der Waals surface area (Å²) in [5.41, 5.74) is 1.66. The molecule has 0 bridgehead atoms. The van der Waals surface area contributed by atoms with Gasteiger partial charge in [0.1, 0.15) is 0 Å². The molecule has 1 aromatic carbocycles. The lowest BCUT2D eigenvalue weighted by molar-refractivity contribution is 0.0924. The van der Waals surface area contributed by atoms with Gasteiger partial charge in [-0.3, -0.25) is 9.89 Å². The summed E-state index contributed by atoms with van der Waals surface area (Å²) in [5, 5.41) is 14.6. The first-order valence-corrected chi connectivity index (χ1v) is 8.12. The highest BCUT2D eigenvalue weighted by Gasteiger charge is 2.23. The number of aromatic amines is 1. The van der Waals surface area contributed by atoms with Gasteiger partial charge >= 0.3 is 0 Å². The van der Waals surface area contributed by atoms with Crippen molar-refractivity contribution in [3.63, 3.8) is 0 Å². The van der Waals surface area contributed by atoms with Crippen LogP contribution in [0.2, 0.25) is 0 Å². The van der Waals surface area contributed by atoms with E-state index in [0.717, 1.165) is 36.6 Å². The van der Waals surface area contributed by atoms with E-state index in [1.54, 1.807) is 6.20 Å². The molecule has 0 atom stereocenters. The fraction of sp³-hybridized carbons (Fsp3) is 0.529. The molecule has 1 aromatic heterocycles. The molecule has 2 aromatic rings. The number of amides is 1. The lowest BCUT2D eigenvalue weighted by Gasteiger charge is -2.31. The summed E-state index contributed by atoms with van der Waals surface area (Å²) in [6, 6.07) is 7.05. The Balaban J connectivity index is 1.56. The van der Waals surface area contributed by atoms with E-state index in [1.165, 1.54) is 0 Å². The molecule has 1 heterocycles. The lowest BCUT2D eigenvalue weighted by atomic mass is 9.90. The molecule has 22 heavy (non-hydrogen) atoms. The van der Waals surface area contributed by atoms with Gasteiger partial charge in [-0.25, -0.2) is 0 Å². The Morgan fingerprint density at radius 1 is 1.23 bits per heavy atom. The summed E-state index contributed by atoms with van der Waals surface area (Å²) in [5.74, 6) is 0.0170. The maximum absolute atomic E-state index is 12.4. The third-order valence-corrected chi connectivity index (χ3v) is 4.33. The predicted octanol–water partition coefficient (Wildman–Crippen LogP) is 2.60. The molecule has 0 spiro atoms. The lowest BCUT2D eigenvalue weighted by Crippen LogP contribution is -2.43. The van der Waals surface area contributed by atoms with Crippen LogP contribution in [0, 0.1) is 0 Å². The second-order valence-electron chi connectivity index (χ2n) is 6.52. The summed E-state index contributed by atoms with van der Waals surface area (Å²) in [6.45, 7) is 4.36. The van der Waals surface area contributed by atoms with E-state index in [2.05, 4.69) is 34.7 Å². The molecule has 0 aliphatic heterocycles. The summed E-state index contributed by atoms with van der Waals surface area (Å²) in [6.07, 6.45) is 6.09. The molecule has 1 amide bonds. The number of rotatable bonds is 4. The van der Waals surface area contributed by atoms with Gasteiger partial charge in [0.25, 0.3) is 5.91 Å². The van der Waals surface area contributed by atoms with Crippen molar-refractivity contribution >= 4 is 16.8 Å². The highest BCUT2D eigenvalue weighted by Crippen LogP contribution is 2.20. The van der Waals surface area contributed by atoms with Crippen LogP contribution in [-0.4, -0.2) is 34.2 Å². The van der Waals surface area contributed by atoms with E-state index in [0.29, 0.717) is 17.6 Å². The molecule has 3 N–H and O–H groups in total. The zero-order valence-corrected chi connectivity index (χ0v) is 13.2. The monoisotopic (exact) mass is 300 g/mol. The average molecular weight is 300 g/mol. The van der Waals surface area contributed by atoms with E-state index in [9.17, 15) is 4.79 Å². The van der Waals surface area contributed by atoms with Crippen LogP contribution in [0.15, 0.2) is 24.4 Å². The van der Waals surface area contributed by atoms with Crippen molar-refractivity contribution in [2.45, 2.75) is 57.7 Å². The molecule has 0 unspecified atom stereocenters. The van der Waals surface area contributed by atoms with Crippen molar-refractivity contribution in [1.29, 1.82) is 0 Å². The van der Waals surface area contributed by atoms with E-state index >= 15 is 0 Å². The van der Waals surface area contributed by atoms with Gasteiger partial charge in [-0.05, 0) is 43.9 Å². The van der Waals surface area contributed by atoms with E-state index in [1.807, 2.05) is 18.2 Å². The Labute approximate surface area is 130 Å². The molecule has 1 aliphatic rings. The highest BCUT2D eigenvalue weighted by molar-refractivity contribution is 5.97. The Bertz CT molecular complexity index is 641. The molecule has 118 valence electrons. The SMILES string of the molecule is CC(C)NC1CCC(NC(=O)c2ccc3[nH]ncc3c2)CC1. The standard InChI is InChI=1S/C17H24N4O/c1-11(2)19-14-4-6-15(7-5-14)20-17(22)12-3-8-16-13(9-12)10-18-21-16/h3,8-11,14-15,19H,4-7H2,1-2H3,(H,18,21)(H,20,22). The molecular weight excluding hydrogens is 276 g/mol. The van der Waals surface area contributed by atoms with Crippen molar-refractivity contribution in [2.24, 2.45) is 0 Å². The van der Waals surface area contributed by atoms with E-state index in [4.69, 9.17) is 0 Å². The first-order valence-electron chi connectivity index (χ1n) is 8.12. The van der Waals surface area contributed by atoms with Crippen LogP contribution in [0.3, 0.4) is 0 Å². The van der Waals surface area contributed by atoms with Crippen LogP contribution in [0.25, 0.3) is 10.9 Å². The first kappa shape index (κ1) is 15.0. The average Bonchev–Trinajstić information content (AvgIpc) is 2.96. The summed E-state index contributed by atoms with van der Waals surface area (Å²) in [4.78, 5) is 12.4. The fourth-order valence-electron chi connectivity index (χ4n) is 3.23. The highest BCUT2D eigenvalue weighted by atomic mass is 16.1. The van der Waals surface area contributed by atoms with Gasteiger partial charge in [-0.2, -0.15) is 5.10 Å². The fourth-order valence-corrected chi connectivity index (χ4v) is 3.23. The molecule has 0 radical (unpaired) electrons.